The minimum atomic E-state index is -0.247. The van der Waals surface area contributed by atoms with Crippen molar-refractivity contribution >= 4 is 5.91 Å². The van der Waals surface area contributed by atoms with Crippen molar-refractivity contribution in [1.82, 2.24) is 10.2 Å². The summed E-state index contributed by atoms with van der Waals surface area (Å²) in [5, 5.41) is 3.13. The van der Waals surface area contributed by atoms with E-state index in [4.69, 9.17) is 0 Å². The van der Waals surface area contributed by atoms with Gasteiger partial charge in [-0.1, -0.05) is 24.3 Å². The first kappa shape index (κ1) is 19.1. The Morgan fingerprint density at radius 3 is 2.54 bits per heavy atom. The van der Waals surface area contributed by atoms with Gasteiger partial charge in [0.1, 0.15) is 11.6 Å². The quantitative estimate of drug-likeness (QED) is 0.840. The third-order valence-electron chi connectivity index (χ3n) is 5.79. The molecule has 1 heterocycles. The number of rotatable bonds is 5. The van der Waals surface area contributed by atoms with E-state index in [-0.39, 0.29) is 29.4 Å². The first-order valence-electron chi connectivity index (χ1n) is 10.0. The Balaban J connectivity index is 1.53. The van der Waals surface area contributed by atoms with Crippen molar-refractivity contribution in [3.05, 3.63) is 70.8 Å². The van der Waals surface area contributed by atoms with Gasteiger partial charge in [0.2, 0.25) is 5.91 Å². The fourth-order valence-electron chi connectivity index (χ4n) is 4.07. The predicted molar refractivity (Wildman–Crippen MR) is 105 cm³/mol. The van der Waals surface area contributed by atoms with Gasteiger partial charge in [0.25, 0.3) is 0 Å². The highest BCUT2D eigenvalue weighted by atomic mass is 19.1. The first-order valence-corrected chi connectivity index (χ1v) is 10.0. The molecular formula is C23H26F2N2O. The van der Waals surface area contributed by atoms with Gasteiger partial charge in [-0.2, -0.15) is 0 Å². The van der Waals surface area contributed by atoms with Gasteiger partial charge in [-0.05, 0) is 67.0 Å². The maximum Gasteiger partial charge on any atom is 0.224 e. The zero-order valence-electron chi connectivity index (χ0n) is 16.1. The number of nitrogens with one attached hydrogen (secondary N) is 1. The summed E-state index contributed by atoms with van der Waals surface area (Å²) in [5.74, 6) is -0.252. The molecule has 2 aromatic rings. The van der Waals surface area contributed by atoms with Gasteiger partial charge in [0.15, 0.2) is 0 Å². The number of hydrogen-bond donors (Lipinski definition) is 1. The van der Waals surface area contributed by atoms with Crippen LogP contribution in [-0.4, -0.2) is 29.9 Å². The second-order valence-corrected chi connectivity index (χ2v) is 8.24. The van der Waals surface area contributed by atoms with Crippen molar-refractivity contribution in [2.24, 2.45) is 5.92 Å². The lowest BCUT2D eigenvalue weighted by Gasteiger charge is -2.37. The zero-order chi connectivity index (χ0) is 19.7. The van der Waals surface area contributed by atoms with Crippen LogP contribution in [0.25, 0.3) is 0 Å². The lowest BCUT2D eigenvalue weighted by Crippen LogP contribution is -2.45. The van der Waals surface area contributed by atoms with E-state index < -0.39 is 0 Å². The first-order chi connectivity index (χ1) is 13.5. The van der Waals surface area contributed by atoms with Crippen LogP contribution in [0.15, 0.2) is 42.5 Å². The average molecular weight is 384 g/mol. The van der Waals surface area contributed by atoms with Crippen molar-refractivity contribution in [3.8, 4) is 0 Å². The molecule has 0 bridgehead atoms. The number of piperidine rings is 1. The van der Waals surface area contributed by atoms with E-state index in [1.54, 1.807) is 19.1 Å². The number of carbonyl (C=O) groups excluding carboxylic acids is 1. The number of amides is 1. The van der Waals surface area contributed by atoms with Crippen molar-refractivity contribution in [1.29, 1.82) is 0 Å². The van der Waals surface area contributed by atoms with E-state index in [9.17, 15) is 13.6 Å². The SMILES string of the molecule is Cc1cc([C@H]2C[C@H](C(=O)NC3CC3)CN(Cc3ccc(F)cc3)C2)ccc1F. The monoisotopic (exact) mass is 384 g/mol. The molecule has 5 heteroatoms. The van der Waals surface area contributed by atoms with Crippen molar-refractivity contribution in [3.63, 3.8) is 0 Å². The second-order valence-electron chi connectivity index (χ2n) is 8.24. The summed E-state index contributed by atoms with van der Waals surface area (Å²) in [6.45, 7) is 3.93. The lowest BCUT2D eigenvalue weighted by molar-refractivity contribution is -0.127. The third-order valence-corrected chi connectivity index (χ3v) is 5.79. The fourth-order valence-corrected chi connectivity index (χ4v) is 4.07. The van der Waals surface area contributed by atoms with Gasteiger partial charge < -0.3 is 5.32 Å². The number of aryl methyl sites for hydroxylation is 1. The molecule has 0 radical (unpaired) electrons. The molecular weight excluding hydrogens is 358 g/mol. The Morgan fingerprint density at radius 1 is 1.11 bits per heavy atom. The van der Waals surface area contributed by atoms with E-state index in [1.165, 1.54) is 18.2 Å². The van der Waals surface area contributed by atoms with Crippen LogP contribution in [0.5, 0.6) is 0 Å². The number of carbonyl (C=O) groups is 1. The molecule has 3 nitrogen and oxygen atoms in total. The molecule has 4 rings (SSSR count). The van der Waals surface area contributed by atoms with Crippen LogP contribution in [-0.2, 0) is 11.3 Å². The lowest BCUT2D eigenvalue weighted by atomic mass is 9.83. The summed E-state index contributed by atoms with van der Waals surface area (Å²) in [6.07, 6.45) is 2.90. The van der Waals surface area contributed by atoms with Crippen molar-refractivity contribution in [2.75, 3.05) is 13.1 Å². The van der Waals surface area contributed by atoms with Gasteiger partial charge in [0.05, 0.1) is 5.92 Å². The molecule has 2 fully saturated rings. The van der Waals surface area contributed by atoms with Crippen LogP contribution in [0, 0.1) is 24.5 Å². The van der Waals surface area contributed by atoms with E-state index in [1.807, 2.05) is 12.1 Å². The Hall–Kier alpha value is -2.27. The molecule has 0 spiro atoms. The molecule has 1 aliphatic heterocycles. The van der Waals surface area contributed by atoms with Crippen molar-refractivity contribution < 1.29 is 13.6 Å². The average Bonchev–Trinajstić information content (AvgIpc) is 3.49. The minimum Gasteiger partial charge on any atom is -0.353 e. The number of halogens is 2. The maximum atomic E-state index is 13.7. The van der Waals surface area contributed by atoms with E-state index in [2.05, 4.69) is 10.2 Å². The molecule has 2 atom stereocenters. The van der Waals surface area contributed by atoms with Gasteiger partial charge in [-0.15, -0.1) is 0 Å². The summed E-state index contributed by atoms with van der Waals surface area (Å²) in [7, 11) is 0. The summed E-state index contributed by atoms with van der Waals surface area (Å²) in [5.41, 5.74) is 2.73. The molecule has 148 valence electrons. The van der Waals surface area contributed by atoms with E-state index >= 15 is 0 Å². The fraction of sp³-hybridized carbons (Fsp3) is 0.435. The summed E-state index contributed by atoms with van der Waals surface area (Å²) < 4.78 is 26.9. The Kier molecular flexibility index (Phi) is 5.44. The number of benzene rings is 2. The normalized spacial score (nSPS) is 22.8. The Labute approximate surface area is 164 Å². The minimum absolute atomic E-state index is 0.0924. The van der Waals surface area contributed by atoms with E-state index in [0.717, 1.165) is 36.9 Å². The number of nitrogens with zero attached hydrogens (tertiary/aromatic N) is 1. The van der Waals surface area contributed by atoms with Crippen LogP contribution in [0.4, 0.5) is 8.78 Å². The van der Waals surface area contributed by atoms with Gasteiger partial charge in [-0.25, -0.2) is 8.78 Å². The molecule has 28 heavy (non-hydrogen) atoms. The van der Waals surface area contributed by atoms with Crippen molar-refractivity contribution in [2.45, 2.75) is 44.7 Å². The highest BCUT2D eigenvalue weighted by Crippen LogP contribution is 2.33. The molecule has 2 aliphatic rings. The van der Waals surface area contributed by atoms with Gasteiger partial charge >= 0.3 is 0 Å². The topological polar surface area (TPSA) is 32.3 Å². The molecule has 1 N–H and O–H groups in total. The van der Waals surface area contributed by atoms with Gasteiger partial charge in [-0.3, -0.25) is 9.69 Å². The van der Waals surface area contributed by atoms with Crippen LogP contribution < -0.4 is 5.32 Å². The predicted octanol–water partition coefficient (Wildman–Crippen LogP) is 4.16. The summed E-state index contributed by atoms with van der Waals surface area (Å²) >= 11 is 0. The molecule has 1 aliphatic carbocycles. The largest absolute Gasteiger partial charge is 0.353 e. The Morgan fingerprint density at radius 2 is 1.86 bits per heavy atom. The smallest absolute Gasteiger partial charge is 0.224 e. The molecule has 0 aromatic heterocycles. The molecule has 2 aromatic carbocycles. The van der Waals surface area contributed by atoms with Crippen LogP contribution in [0.1, 0.15) is 41.9 Å². The Bertz CT molecular complexity index is 848. The van der Waals surface area contributed by atoms with Crippen LogP contribution in [0.3, 0.4) is 0 Å². The number of hydrogen-bond acceptors (Lipinski definition) is 2. The molecule has 1 saturated heterocycles. The van der Waals surface area contributed by atoms with Crippen LogP contribution >= 0.6 is 0 Å². The molecule has 1 amide bonds. The molecule has 0 unspecified atom stereocenters. The summed E-state index contributed by atoms with van der Waals surface area (Å²) in [4.78, 5) is 15.0. The third kappa shape index (κ3) is 4.58. The van der Waals surface area contributed by atoms with E-state index in [0.29, 0.717) is 24.7 Å². The maximum absolute atomic E-state index is 13.7. The highest BCUT2D eigenvalue weighted by molar-refractivity contribution is 5.79. The zero-order valence-corrected chi connectivity index (χ0v) is 16.1. The van der Waals surface area contributed by atoms with Crippen LogP contribution in [0.2, 0.25) is 0 Å². The molecule has 1 saturated carbocycles. The number of likely N-dealkylation sites (tertiary alicyclic amines) is 1. The summed E-state index contributed by atoms with van der Waals surface area (Å²) in [6, 6.07) is 12.1. The van der Waals surface area contributed by atoms with Gasteiger partial charge in [0, 0.05) is 25.7 Å². The standard InChI is InChI=1S/C23H26F2N2O/c1-15-10-17(4-9-22(15)25)18-11-19(23(28)26-21-7-8-21)14-27(13-18)12-16-2-5-20(24)6-3-16/h2-6,9-10,18-19,21H,7-8,11-14H2,1H3,(H,26,28)/t18-,19-/m0/s1. The second kappa shape index (κ2) is 8.00. The highest BCUT2D eigenvalue weighted by Gasteiger charge is 2.34.